The maximum absolute atomic E-state index is 14.8. The Morgan fingerprint density at radius 1 is 0.554 bits per heavy atom. The Bertz CT molecular complexity index is 3830. The summed E-state index contributed by atoms with van der Waals surface area (Å²) in [5.74, 6) is 14.3. The van der Waals surface area contributed by atoms with Gasteiger partial charge in [-0.1, -0.05) is 123 Å². The maximum Gasteiger partial charge on any atom is 0.266 e. The van der Waals surface area contributed by atoms with E-state index in [0.29, 0.717) is 91.4 Å². The van der Waals surface area contributed by atoms with Gasteiger partial charge in [0, 0.05) is 59.9 Å². The summed E-state index contributed by atoms with van der Waals surface area (Å²) in [6.07, 6.45) is 15.2. The van der Waals surface area contributed by atoms with Gasteiger partial charge in [0.15, 0.2) is 0 Å². The van der Waals surface area contributed by atoms with E-state index in [2.05, 4.69) is 61.8 Å². The quantitative estimate of drug-likeness (QED) is 0.0679. The first-order chi connectivity index (χ1) is 36.2. The lowest BCUT2D eigenvalue weighted by Gasteiger charge is -2.30. The van der Waals surface area contributed by atoms with Crippen molar-refractivity contribution in [1.82, 2.24) is 0 Å². The van der Waals surface area contributed by atoms with E-state index in [4.69, 9.17) is 9.47 Å². The van der Waals surface area contributed by atoms with E-state index >= 15 is 0 Å². The van der Waals surface area contributed by atoms with Gasteiger partial charge in [-0.25, -0.2) is 9.80 Å². The highest BCUT2D eigenvalue weighted by molar-refractivity contribution is 7.99. The van der Waals surface area contributed by atoms with Gasteiger partial charge >= 0.3 is 0 Å². The molecule has 10 heteroatoms. The highest BCUT2D eigenvalue weighted by Gasteiger charge is 2.39. The number of anilines is 2. The highest BCUT2D eigenvalue weighted by Crippen LogP contribution is 2.45. The maximum atomic E-state index is 14.8. The topological polar surface area (TPSA) is 93.2 Å². The monoisotopic (exact) mass is 1000 g/mol. The number of hydrogen-bond acceptors (Lipinski definition) is 8. The molecule has 7 aromatic carbocycles. The van der Waals surface area contributed by atoms with Crippen molar-refractivity contribution in [2.75, 3.05) is 34.5 Å². The van der Waals surface area contributed by atoms with Crippen LogP contribution in [0, 0.1) is 23.7 Å². The van der Waals surface area contributed by atoms with Gasteiger partial charge in [0.05, 0.1) is 35.7 Å². The third kappa shape index (κ3) is 8.50. The summed E-state index contributed by atoms with van der Waals surface area (Å²) >= 11 is 3.24. The molecule has 362 valence electrons. The molecule has 0 unspecified atom stereocenters. The number of allylic oxidation sites excluding steroid dienone is 8. The van der Waals surface area contributed by atoms with Gasteiger partial charge in [0.25, 0.3) is 23.6 Å². The lowest BCUT2D eigenvalue weighted by molar-refractivity contribution is 0.0876. The summed E-state index contributed by atoms with van der Waals surface area (Å²) < 4.78 is 12.1. The van der Waals surface area contributed by atoms with E-state index in [1.165, 1.54) is 9.80 Å². The Hall–Kier alpha value is -8.28. The molecule has 0 aromatic heterocycles. The molecule has 8 nitrogen and oxygen atoms in total. The average Bonchev–Trinajstić information content (AvgIpc) is 4.18. The predicted molar refractivity (Wildman–Crippen MR) is 299 cm³/mol. The van der Waals surface area contributed by atoms with Gasteiger partial charge in [0.2, 0.25) is 0 Å². The van der Waals surface area contributed by atoms with Crippen molar-refractivity contribution in [3.8, 4) is 35.2 Å². The molecule has 0 spiro atoms. The zero-order valence-corrected chi connectivity index (χ0v) is 42.8. The smallest absolute Gasteiger partial charge is 0.266 e. The fourth-order valence-corrected chi connectivity index (χ4v) is 11.9. The highest BCUT2D eigenvalue weighted by atomic mass is 32.2. The number of carbonyl (C=O) groups excluding carboxylic acids is 4. The Labute approximate surface area is 438 Å². The van der Waals surface area contributed by atoms with E-state index in [0.717, 1.165) is 55.2 Å². The Morgan fingerprint density at radius 3 is 1.58 bits per heavy atom. The first kappa shape index (κ1) is 48.0. The van der Waals surface area contributed by atoms with Gasteiger partial charge < -0.3 is 9.47 Å². The number of thioether (sulfide) groups is 2. The Kier molecular flexibility index (Phi) is 13.2. The second-order valence-corrected chi connectivity index (χ2v) is 20.3. The van der Waals surface area contributed by atoms with E-state index in [1.54, 1.807) is 35.7 Å². The van der Waals surface area contributed by atoms with Crippen molar-refractivity contribution >= 4 is 85.6 Å². The minimum Gasteiger partial charge on any atom is -0.492 e. The van der Waals surface area contributed by atoms with Crippen LogP contribution in [0.15, 0.2) is 162 Å². The molecule has 2 aliphatic heterocycles. The summed E-state index contributed by atoms with van der Waals surface area (Å²) in [5.41, 5.74) is 8.08. The minimum absolute atomic E-state index is 0.0132. The van der Waals surface area contributed by atoms with Gasteiger partial charge in [0.1, 0.15) is 11.5 Å². The number of amides is 4. The molecule has 0 N–H and O–H groups in total. The lowest BCUT2D eigenvalue weighted by Crippen LogP contribution is -2.41. The first-order valence-corrected chi connectivity index (χ1v) is 26.8. The summed E-state index contributed by atoms with van der Waals surface area (Å²) in [5, 5.41) is 2.83. The number of hydrogen-bond donors (Lipinski definition) is 0. The summed E-state index contributed by atoms with van der Waals surface area (Å²) in [7, 11) is 0. The third-order valence-corrected chi connectivity index (χ3v) is 15.4. The van der Waals surface area contributed by atoms with Crippen molar-refractivity contribution in [2.45, 2.75) is 49.8 Å². The molecule has 4 aliphatic rings. The standard InChI is InChI=1S/C64H48N2O6S2/c1-5-71-55-32-30-43(41-18-9-10-19-41)37-53(55)65-61(67)49-24-14-22-47-57(49)51(63(65)69)35-45(59(47)73-7-3)28-26-39-16-13-17-40(34-39)27-29-46-36-52-58-48(60(46)74-8-4)23-15-25-50(58)62(68)66(64(52)70)54-38-44(42-20-11-12-21-42)31-33-56(54)72-6-2/h9-11,13-25,30-38,41H,5-8,12H2,1-4H3. The van der Waals surface area contributed by atoms with Gasteiger partial charge in [-0.05, 0) is 126 Å². The minimum atomic E-state index is -0.444. The van der Waals surface area contributed by atoms with E-state index < -0.39 is 23.6 Å². The first-order valence-electron chi connectivity index (χ1n) is 24.8. The largest absolute Gasteiger partial charge is 0.492 e. The zero-order valence-electron chi connectivity index (χ0n) is 41.2. The number of carbonyl (C=O) groups is 4. The van der Waals surface area contributed by atoms with Crippen LogP contribution in [-0.2, 0) is 0 Å². The van der Waals surface area contributed by atoms with Crippen molar-refractivity contribution in [3.63, 3.8) is 0 Å². The lowest BCUT2D eigenvalue weighted by atomic mass is 9.91. The van der Waals surface area contributed by atoms with Crippen LogP contribution in [-0.4, -0.2) is 48.3 Å². The molecule has 0 bridgehead atoms. The van der Waals surface area contributed by atoms with E-state index in [9.17, 15) is 19.2 Å². The van der Waals surface area contributed by atoms with Gasteiger partial charge in [-0.2, -0.15) is 0 Å². The average molecular weight is 1010 g/mol. The fourth-order valence-electron chi connectivity index (χ4n) is 10.1. The number of imide groups is 2. The van der Waals surface area contributed by atoms with Crippen LogP contribution in [0.5, 0.6) is 11.5 Å². The van der Waals surface area contributed by atoms with E-state index in [1.807, 2.05) is 129 Å². The van der Waals surface area contributed by atoms with Gasteiger partial charge in [-0.3, -0.25) is 19.2 Å². The van der Waals surface area contributed by atoms with E-state index in [-0.39, 0.29) is 5.92 Å². The fraction of sp³-hybridized carbons (Fsp3) is 0.156. The molecule has 0 atom stereocenters. The van der Waals surface area contributed by atoms with Crippen LogP contribution in [0.2, 0.25) is 0 Å². The number of nitrogens with zero attached hydrogens (tertiary/aromatic N) is 2. The zero-order chi connectivity index (χ0) is 51.0. The SMILES string of the molecule is CCOc1ccc(C2=CCC=C2)cc1N1C(=O)c2cccc3c(SCC)c(C#Cc4cccc(C#Cc5cc6c7c(cccc7c5SCC)C(=O)N(c5cc(C7C=CC=C7)ccc5OCC)C6=O)c4)cc(c23)C1=O. The molecule has 74 heavy (non-hydrogen) atoms. The van der Waals surface area contributed by atoms with Crippen molar-refractivity contribution in [3.05, 3.63) is 207 Å². The molecule has 2 aliphatic carbocycles. The molecule has 0 saturated carbocycles. The molecular formula is C64H48N2O6S2. The number of ether oxygens (including phenoxy) is 2. The summed E-state index contributed by atoms with van der Waals surface area (Å²) in [6, 6.07) is 33.9. The molecule has 7 aromatic rings. The normalized spacial score (nSPS) is 14.5. The third-order valence-electron chi connectivity index (χ3n) is 13.3. The molecule has 0 saturated heterocycles. The number of benzene rings is 7. The Morgan fingerprint density at radius 2 is 1.07 bits per heavy atom. The van der Waals surface area contributed by atoms with Crippen LogP contribution < -0.4 is 19.3 Å². The summed E-state index contributed by atoms with van der Waals surface area (Å²) in [6.45, 7) is 8.61. The second kappa shape index (κ2) is 20.3. The molecule has 0 radical (unpaired) electrons. The van der Waals surface area contributed by atoms with Crippen LogP contribution in [0.25, 0.3) is 27.1 Å². The Balaban J connectivity index is 0.965. The second-order valence-electron chi connectivity index (χ2n) is 17.8. The molecular weight excluding hydrogens is 957 g/mol. The predicted octanol–water partition coefficient (Wildman–Crippen LogP) is 14.0. The molecule has 4 amide bonds. The number of rotatable bonds is 12. The molecule has 2 heterocycles. The molecule has 0 fully saturated rings. The summed E-state index contributed by atoms with van der Waals surface area (Å²) in [4.78, 5) is 63.0. The van der Waals surface area contributed by atoms with Crippen LogP contribution in [0.3, 0.4) is 0 Å². The van der Waals surface area contributed by atoms with Gasteiger partial charge in [-0.15, -0.1) is 23.5 Å². The van der Waals surface area contributed by atoms with Crippen molar-refractivity contribution in [1.29, 1.82) is 0 Å². The van der Waals surface area contributed by atoms with Crippen LogP contribution >= 0.6 is 23.5 Å². The van der Waals surface area contributed by atoms with Crippen LogP contribution in [0.4, 0.5) is 11.4 Å². The molecule has 11 rings (SSSR count). The van der Waals surface area contributed by atoms with Crippen molar-refractivity contribution in [2.24, 2.45) is 0 Å². The van der Waals surface area contributed by atoms with Crippen molar-refractivity contribution < 1.29 is 28.7 Å². The van der Waals surface area contributed by atoms with Crippen LogP contribution in [0.1, 0.15) is 115 Å².